The Hall–Kier alpha value is -1.95. The van der Waals surface area contributed by atoms with Crippen molar-refractivity contribution in [1.29, 1.82) is 0 Å². The summed E-state index contributed by atoms with van der Waals surface area (Å²) < 4.78 is 4.73. The van der Waals surface area contributed by atoms with Gasteiger partial charge in [-0.25, -0.2) is 0 Å². The van der Waals surface area contributed by atoms with Crippen LogP contribution in [-0.2, 0) is 19.1 Å². The fourth-order valence-corrected chi connectivity index (χ4v) is 3.72. The molecule has 0 aromatic heterocycles. The summed E-state index contributed by atoms with van der Waals surface area (Å²) in [4.78, 5) is 34.5. The number of methoxy groups -OCH3 is 1. The van der Waals surface area contributed by atoms with E-state index in [0.29, 0.717) is 11.9 Å². The Labute approximate surface area is 122 Å². The SMILES string of the molecule is C=CC1C(C(=O)O)C(C=O)C=C2C(C(=O)OC)C(CO)C21. The highest BCUT2D eigenvalue weighted by Crippen LogP contribution is 2.56. The number of aldehydes is 1. The van der Waals surface area contributed by atoms with E-state index in [0.717, 1.165) is 0 Å². The van der Waals surface area contributed by atoms with Crippen LogP contribution in [0.15, 0.2) is 24.3 Å². The molecule has 0 aromatic rings. The third kappa shape index (κ3) is 2.19. The molecular formula is C15H18O6. The number of carboxylic acids is 1. The number of allylic oxidation sites excluding steroid dienone is 2. The van der Waals surface area contributed by atoms with E-state index in [-0.39, 0.29) is 12.5 Å². The zero-order chi connectivity index (χ0) is 15.7. The molecule has 2 rings (SSSR count). The summed E-state index contributed by atoms with van der Waals surface area (Å²) in [6.45, 7) is 3.41. The van der Waals surface area contributed by atoms with Gasteiger partial charge < -0.3 is 19.7 Å². The van der Waals surface area contributed by atoms with Gasteiger partial charge in [0.2, 0.25) is 0 Å². The number of hydrogen-bond acceptors (Lipinski definition) is 5. The van der Waals surface area contributed by atoms with Crippen molar-refractivity contribution in [2.45, 2.75) is 0 Å². The number of aliphatic carboxylic acids is 1. The van der Waals surface area contributed by atoms with Crippen LogP contribution in [0.2, 0.25) is 0 Å². The zero-order valence-electron chi connectivity index (χ0n) is 11.6. The molecule has 0 heterocycles. The van der Waals surface area contributed by atoms with Crippen LogP contribution in [0, 0.1) is 35.5 Å². The van der Waals surface area contributed by atoms with Crippen LogP contribution in [-0.4, -0.2) is 42.2 Å². The quantitative estimate of drug-likeness (QED) is 0.429. The summed E-state index contributed by atoms with van der Waals surface area (Å²) >= 11 is 0. The molecule has 1 saturated carbocycles. The normalized spacial score (nSPS) is 37.5. The predicted molar refractivity (Wildman–Crippen MR) is 72.0 cm³/mol. The molecular weight excluding hydrogens is 276 g/mol. The highest BCUT2D eigenvalue weighted by molar-refractivity contribution is 5.82. The van der Waals surface area contributed by atoms with Gasteiger partial charge in [0.15, 0.2) is 0 Å². The zero-order valence-corrected chi connectivity index (χ0v) is 11.6. The number of aliphatic hydroxyl groups excluding tert-OH is 1. The van der Waals surface area contributed by atoms with Crippen molar-refractivity contribution in [2.75, 3.05) is 13.7 Å². The third-order valence-corrected chi connectivity index (χ3v) is 4.64. The molecule has 21 heavy (non-hydrogen) atoms. The molecule has 0 amide bonds. The van der Waals surface area contributed by atoms with Crippen LogP contribution in [0.5, 0.6) is 0 Å². The van der Waals surface area contributed by atoms with Gasteiger partial charge >= 0.3 is 11.9 Å². The Balaban J connectivity index is 2.45. The standard InChI is InChI=1S/C15H18O6/c1-3-8-11(14(18)19)7(5-16)4-9-12(8)10(6-17)13(9)15(20)21-2/h3-5,7-8,10-13,17H,1,6H2,2H3,(H,18,19). The first-order valence-electron chi connectivity index (χ1n) is 6.72. The highest BCUT2D eigenvalue weighted by atomic mass is 16.5. The second-order valence-electron chi connectivity index (χ2n) is 5.43. The second kappa shape index (κ2) is 5.81. The summed E-state index contributed by atoms with van der Waals surface area (Å²) in [5.41, 5.74) is 0.681. The van der Waals surface area contributed by atoms with E-state index < -0.39 is 41.5 Å². The van der Waals surface area contributed by atoms with E-state index in [1.54, 1.807) is 6.08 Å². The van der Waals surface area contributed by atoms with Crippen LogP contribution < -0.4 is 0 Å². The van der Waals surface area contributed by atoms with Gasteiger partial charge in [0.05, 0.1) is 18.9 Å². The first-order valence-corrected chi connectivity index (χ1v) is 6.72. The first kappa shape index (κ1) is 15.4. The van der Waals surface area contributed by atoms with Crippen molar-refractivity contribution in [3.8, 4) is 0 Å². The van der Waals surface area contributed by atoms with Crippen LogP contribution in [0.3, 0.4) is 0 Å². The summed E-state index contributed by atoms with van der Waals surface area (Å²) in [6, 6.07) is 0. The van der Waals surface area contributed by atoms with E-state index in [9.17, 15) is 24.6 Å². The van der Waals surface area contributed by atoms with Crippen LogP contribution in [0.1, 0.15) is 0 Å². The van der Waals surface area contributed by atoms with E-state index in [4.69, 9.17) is 4.74 Å². The van der Waals surface area contributed by atoms with Crippen molar-refractivity contribution in [3.05, 3.63) is 24.3 Å². The lowest BCUT2D eigenvalue weighted by Crippen LogP contribution is -2.55. The minimum atomic E-state index is -1.08. The number of carboxylic acid groups (broad SMARTS) is 1. The number of carbonyl (C=O) groups excluding carboxylic acids is 2. The van der Waals surface area contributed by atoms with E-state index in [1.165, 1.54) is 13.2 Å². The topological polar surface area (TPSA) is 101 Å². The monoisotopic (exact) mass is 294 g/mol. The molecule has 0 saturated heterocycles. The minimum Gasteiger partial charge on any atom is -0.481 e. The average Bonchev–Trinajstić information content (AvgIpc) is 2.46. The van der Waals surface area contributed by atoms with Crippen molar-refractivity contribution >= 4 is 18.2 Å². The average molecular weight is 294 g/mol. The molecule has 2 aliphatic carbocycles. The fourth-order valence-electron chi connectivity index (χ4n) is 3.72. The Kier molecular flexibility index (Phi) is 4.27. The smallest absolute Gasteiger partial charge is 0.313 e. The molecule has 0 bridgehead atoms. The lowest BCUT2D eigenvalue weighted by molar-refractivity contribution is -0.155. The summed E-state index contributed by atoms with van der Waals surface area (Å²) in [5.74, 6) is -5.05. The van der Waals surface area contributed by atoms with Crippen LogP contribution in [0.25, 0.3) is 0 Å². The maximum absolute atomic E-state index is 11.8. The Bertz CT molecular complexity index is 508. The number of fused-ring (bicyclic) bond motifs is 1. The Morgan fingerprint density at radius 1 is 1.48 bits per heavy atom. The van der Waals surface area contributed by atoms with E-state index in [1.807, 2.05) is 0 Å². The number of carbonyl (C=O) groups is 3. The van der Waals surface area contributed by atoms with E-state index >= 15 is 0 Å². The van der Waals surface area contributed by atoms with Gasteiger partial charge in [-0.3, -0.25) is 9.59 Å². The third-order valence-electron chi connectivity index (χ3n) is 4.64. The summed E-state index contributed by atoms with van der Waals surface area (Å²) in [6.07, 6.45) is 3.63. The number of aliphatic hydroxyl groups is 1. The number of ether oxygens (including phenoxy) is 1. The molecule has 2 N–H and O–H groups in total. The summed E-state index contributed by atoms with van der Waals surface area (Å²) in [5, 5.41) is 18.9. The van der Waals surface area contributed by atoms with Gasteiger partial charge in [0.25, 0.3) is 0 Å². The van der Waals surface area contributed by atoms with Crippen molar-refractivity contribution in [3.63, 3.8) is 0 Å². The number of rotatable bonds is 5. The second-order valence-corrected chi connectivity index (χ2v) is 5.43. The maximum atomic E-state index is 11.8. The Morgan fingerprint density at radius 2 is 2.14 bits per heavy atom. The van der Waals surface area contributed by atoms with Gasteiger partial charge in [-0.2, -0.15) is 0 Å². The van der Waals surface area contributed by atoms with E-state index in [2.05, 4.69) is 6.58 Å². The molecule has 6 unspecified atom stereocenters. The fraction of sp³-hybridized carbons (Fsp3) is 0.533. The van der Waals surface area contributed by atoms with Crippen molar-refractivity contribution in [1.82, 2.24) is 0 Å². The molecule has 114 valence electrons. The van der Waals surface area contributed by atoms with Gasteiger partial charge in [0.1, 0.15) is 6.29 Å². The van der Waals surface area contributed by atoms with Gasteiger partial charge in [-0.15, -0.1) is 6.58 Å². The maximum Gasteiger partial charge on any atom is 0.313 e. The number of hydrogen-bond donors (Lipinski definition) is 2. The molecule has 6 heteroatoms. The minimum absolute atomic E-state index is 0.246. The molecule has 2 aliphatic rings. The van der Waals surface area contributed by atoms with Crippen LogP contribution in [0.4, 0.5) is 0 Å². The Morgan fingerprint density at radius 3 is 2.57 bits per heavy atom. The van der Waals surface area contributed by atoms with Crippen molar-refractivity contribution in [2.24, 2.45) is 35.5 Å². The van der Waals surface area contributed by atoms with Gasteiger partial charge in [-0.1, -0.05) is 17.7 Å². The van der Waals surface area contributed by atoms with Crippen molar-refractivity contribution < 1.29 is 29.3 Å². The molecule has 6 atom stereocenters. The van der Waals surface area contributed by atoms with Crippen LogP contribution >= 0.6 is 0 Å². The first-order chi connectivity index (χ1) is 10.0. The lowest BCUT2D eigenvalue weighted by atomic mass is 9.50. The molecule has 6 nitrogen and oxygen atoms in total. The predicted octanol–water partition coefficient (Wildman–Crippen LogP) is 0.272. The molecule has 0 aromatic carbocycles. The molecule has 0 spiro atoms. The molecule has 0 radical (unpaired) electrons. The summed E-state index contributed by atoms with van der Waals surface area (Å²) in [7, 11) is 1.26. The van der Waals surface area contributed by atoms with Gasteiger partial charge in [0, 0.05) is 18.4 Å². The molecule has 1 fully saturated rings. The molecule has 0 aliphatic heterocycles. The highest BCUT2D eigenvalue weighted by Gasteiger charge is 2.57. The number of esters is 1. The van der Waals surface area contributed by atoms with Gasteiger partial charge in [-0.05, 0) is 11.8 Å². The largest absolute Gasteiger partial charge is 0.481 e. The lowest BCUT2D eigenvalue weighted by Gasteiger charge is -2.52.